The van der Waals surface area contributed by atoms with Crippen LogP contribution in [0.3, 0.4) is 0 Å². The Bertz CT molecular complexity index is 1050. The number of ketones is 1. The maximum Gasteiger partial charge on any atom is 0.307 e. The number of ether oxygens (including phenoxy) is 2. The molecule has 2 aromatic heterocycles. The molecule has 0 fully saturated rings. The summed E-state index contributed by atoms with van der Waals surface area (Å²) in [5.74, 6) is 2.01. The number of hydrogen-bond acceptors (Lipinski definition) is 7. The van der Waals surface area contributed by atoms with Gasteiger partial charge in [0, 0.05) is 5.56 Å². The number of aromatic nitrogens is 2. The van der Waals surface area contributed by atoms with Crippen molar-refractivity contribution in [2.24, 2.45) is 0 Å². The highest BCUT2D eigenvalue weighted by Gasteiger charge is 2.15. The molecular weight excluding hydrogens is 354 g/mol. The third kappa shape index (κ3) is 3.56. The molecule has 1 aliphatic rings. The van der Waals surface area contributed by atoms with Crippen molar-refractivity contribution in [2.75, 3.05) is 6.79 Å². The minimum absolute atomic E-state index is 0.0870. The lowest BCUT2D eigenvalue weighted by Crippen LogP contribution is -1.98. The quantitative estimate of drug-likeness (QED) is 0.285. The van der Waals surface area contributed by atoms with Crippen molar-refractivity contribution < 1.29 is 23.6 Å². The molecule has 0 saturated heterocycles. The molecule has 0 radical (unpaired) electrons. The number of hydrogen-bond donors (Lipinski definition) is 0. The lowest BCUT2D eigenvalue weighted by Gasteiger charge is -1.98. The van der Waals surface area contributed by atoms with Gasteiger partial charge in [-0.15, -0.1) is 0 Å². The van der Waals surface area contributed by atoms with Crippen LogP contribution in [-0.2, 0) is 6.54 Å². The standard InChI is InChI=1S/C18H13N3O6/c22-16(12-1-6-17-18(7-12)26-11-25-17)5-4-14-2-3-15(27-14)10-20-9-13(8-19-20)21(23)24/h1-9H,10-11H2/b5-4+. The van der Waals surface area contributed by atoms with E-state index >= 15 is 0 Å². The van der Waals surface area contributed by atoms with E-state index in [-0.39, 0.29) is 24.8 Å². The van der Waals surface area contributed by atoms with Gasteiger partial charge in [-0.3, -0.25) is 19.6 Å². The van der Waals surface area contributed by atoms with Crippen molar-refractivity contribution in [1.29, 1.82) is 0 Å². The van der Waals surface area contributed by atoms with Crippen molar-refractivity contribution in [3.05, 3.63) is 76.0 Å². The van der Waals surface area contributed by atoms with Crippen LogP contribution < -0.4 is 9.47 Å². The first kappa shape index (κ1) is 16.6. The van der Waals surface area contributed by atoms with Gasteiger partial charge < -0.3 is 13.9 Å². The second-order valence-electron chi connectivity index (χ2n) is 5.72. The van der Waals surface area contributed by atoms with Crippen LogP contribution in [0.5, 0.6) is 11.5 Å². The number of carbonyl (C=O) groups excluding carboxylic acids is 1. The zero-order valence-electron chi connectivity index (χ0n) is 13.9. The first-order valence-corrected chi connectivity index (χ1v) is 7.96. The molecule has 3 aromatic rings. The zero-order valence-corrected chi connectivity index (χ0v) is 13.9. The third-order valence-corrected chi connectivity index (χ3v) is 3.89. The molecule has 136 valence electrons. The fourth-order valence-electron chi connectivity index (χ4n) is 2.57. The minimum atomic E-state index is -0.512. The van der Waals surface area contributed by atoms with E-state index in [0.29, 0.717) is 28.6 Å². The SMILES string of the molecule is O=C(/C=C/c1ccc(Cn2cc([N+](=O)[O-])cn2)o1)c1ccc2c(c1)OCO2. The lowest BCUT2D eigenvalue weighted by molar-refractivity contribution is -0.385. The summed E-state index contributed by atoms with van der Waals surface area (Å²) in [6.45, 7) is 0.398. The van der Waals surface area contributed by atoms with Crippen LogP contribution in [0.1, 0.15) is 21.9 Å². The summed E-state index contributed by atoms with van der Waals surface area (Å²) in [7, 11) is 0. The Balaban J connectivity index is 1.42. The van der Waals surface area contributed by atoms with Crippen molar-refractivity contribution in [3.63, 3.8) is 0 Å². The van der Waals surface area contributed by atoms with Crippen molar-refractivity contribution in [1.82, 2.24) is 9.78 Å². The molecule has 4 rings (SSSR count). The monoisotopic (exact) mass is 367 g/mol. The minimum Gasteiger partial charge on any atom is -0.460 e. The summed E-state index contributed by atoms with van der Waals surface area (Å²) >= 11 is 0. The molecular formula is C18H13N3O6. The number of rotatable bonds is 6. The molecule has 1 aliphatic heterocycles. The van der Waals surface area contributed by atoms with E-state index in [1.54, 1.807) is 36.4 Å². The second-order valence-corrected chi connectivity index (χ2v) is 5.72. The molecule has 0 aliphatic carbocycles. The molecule has 3 heterocycles. The van der Waals surface area contributed by atoms with Gasteiger partial charge in [-0.1, -0.05) is 0 Å². The van der Waals surface area contributed by atoms with Crippen LogP contribution in [0, 0.1) is 10.1 Å². The average molecular weight is 367 g/mol. The summed E-state index contributed by atoms with van der Waals surface area (Å²) < 4.78 is 17.5. The van der Waals surface area contributed by atoms with Crippen LogP contribution in [0.4, 0.5) is 5.69 Å². The Hall–Kier alpha value is -3.88. The predicted molar refractivity (Wildman–Crippen MR) is 92.6 cm³/mol. The van der Waals surface area contributed by atoms with Crippen LogP contribution in [-0.4, -0.2) is 27.3 Å². The third-order valence-electron chi connectivity index (χ3n) is 3.89. The Kier molecular flexibility index (Phi) is 4.17. The van der Waals surface area contributed by atoms with Gasteiger partial charge in [0.05, 0.1) is 11.5 Å². The van der Waals surface area contributed by atoms with Crippen LogP contribution in [0.15, 0.2) is 53.2 Å². The number of allylic oxidation sites excluding steroid dienone is 1. The van der Waals surface area contributed by atoms with Gasteiger partial charge in [0.1, 0.15) is 23.9 Å². The van der Waals surface area contributed by atoms with Gasteiger partial charge in [-0.05, 0) is 42.5 Å². The molecule has 0 saturated carbocycles. The van der Waals surface area contributed by atoms with Crippen molar-refractivity contribution in [2.45, 2.75) is 6.54 Å². The summed E-state index contributed by atoms with van der Waals surface area (Å²) in [6.07, 6.45) is 5.45. The summed E-state index contributed by atoms with van der Waals surface area (Å²) in [4.78, 5) is 22.4. The predicted octanol–water partition coefficient (Wildman–Crippen LogP) is 3.06. The first-order chi connectivity index (χ1) is 13.1. The van der Waals surface area contributed by atoms with Gasteiger partial charge >= 0.3 is 5.69 Å². The Morgan fingerprint density at radius 2 is 2.11 bits per heavy atom. The summed E-state index contributed by atoms with van der Waals surface area (Å²) in [5, 5.41) is 14.6. The maximum atomic E-state index is 12.3. The molecule has 0 atom stereocenters. The van der Waals surface area contributed by atoms with Crippen LogP contribution >= 0.6 is 0 Å². The van der Waals surface area contributed by atoms with E-state index in [1.807, 2.05) is 0 Å². The molecule has 9 nitrogen and oxygen atoms in total. The van der Waals surface area contributed by atoms with Gasteiger partial charge in [0.15, 0.2) is 17.3 Å². The van der Waals surface area contributed by atoms with E-state index in [2.05, 4.69) is 5.10 Å². The second kappa shape index (κ2) is 6.79. The van der Waals surface area contributed by atoms with Gasteiger partial charge in [-0.25, -0.2) is 0 Å². The fraction of sp³-hybridized carbons (Fsp3) is 0.111. The normalized spacial score (nSPS) is 12.6. The van der Waals surface area contributed by atoms with E-state index in [9.17, 15) is 14.9 Å². The van der Waals surface area contributed by atoms with Gasteiger partial charge in [0.2, 0.25) is 6.79 Å². The topological polar surface area (TPSA) is 110 Å². The van der Waals surface area contributed by atoms with E-state index in [0.717, 1.165) is 0 Å². The Morgan fingerprint density at radius 1 is 1.26 bits per heavy atom. The molecule has 0 spiro atoms. The van der Waals surface area contributed by atoms with Crippen LogP contribution in [0.25, 0.3) is 6.08 Å². The van der Waals surface area contributed by atoms with E-state index < -0.39 is 4.92 Å². The number of fused-ring (bicyclic) bond motifs is 1. The number of benzene rings is 1. The largest absolute Gasteiger partial charge is 0.460 e. The highest BCUT2D eigenvalue weighted by molar-refractivity contribution is 6.07. The number of nitrogens with zero attached hydrogens (tertiary/aromatic N) is 3. The maximum absolute atomic E-state index is 12.3. The molecule has 9 heteroatoms. The smallest absolute Gasteiger partial charge is 0.307 e. The van der Waals surface area contributed by atoms with Crippen molar-refractivity contribution in [3.8, 4) is 11.5 Å². The van der Waals surface area contributed by atoms with Crippen LogP contribution in [0.2, 0.25) is 0 Å². The van der Waals surface area contributed by atoms with Gasteiger partial charge in [-0.2, -0.15) is 5.10 Å². The fourth-order valence-corrected chi connectivity index (χ4v) is 2.57. The number of nitro groups is 1. The lowest BCUT2D eigenvalue weighted by atomic mass is 10.1. The first-order valence-electron chi connectivity index (χ1n) is 7.96. The molecule has 0 unspecified atom stereocenters. The number of furan rings is 1. The zero-order chi connectivity index (χ0) is 18.8. The summed E-state index contributed by atoms with van der Waals surface area (Å²) in [5.41, 5.74) is 0.391. The molecule has 0 N–H and O–H groups in total. The van der Waals surface area contributed by atoms with Gasteiger partial charge in [0.25, 0.3) is 0 Å². The molecule has 1 aromatic carbocycles. The van der Waals surface area contributed by atoms with Crippen molar-refractivity contribution >= 4 is 17.5 Å². The average Bonchev–Trinajstić information content (AvgIpc) is 3.40. The number of carbonyl (C=O) groups is 1. The highest BCUT2D eigenvalue weighted by Crippen LogP contribution is 2.32. The molecule has 27 heavy (non-hydrogen) atoms. The van der Waals surface area contributed by atoms with E-state index in [1.165, 1.54) is 23.2 Å². The Morgan fingerprint density at radius 3 is 2.93 bits per heavy atom. The highest BCUT2D eigenvalue weighted by atomic mass is 16.7. The molecule has 0 amide bonds. The van der Waals surface area contributed by atoms with E-state index in [4.69, 9.17) is 13.9 Å². The summed E-state index contributed by atoms with van der Waals surface area (Å²) in [6, 6.07) is 8.41. The Labute approximate surface area is 152 Å². The molecule has 0 bridgehead atoms.